The SMILES string of the molecule is CN(C(=O)C1CNCCO1)c1cccc(O)c1. The molecule has 0 bridgehead atoms. The number of morpholine rings is 1. The van der Waals surface area contributed by atoms with Crippen molar-refractivity contribution < 1.29 is 14.6 Å². The number of anilines is 1. The van der Waals surface area contributed by atoms with Crippen LogP contribution in [0.1, 0.15) is 0 Å². The summed E-state index contributed by atoms with van der Waals surface area (Å²) >= 11 is 0. The number of nitrogens with one attached hydrogen (secondary N) is 1. The van der Waals surface area contributed by atoms with Crippen LogP contribution < -0.4 is 10.2 Å². The average molecular weight is 236 g/mol. The molecule has 1 aromatic carbocycles. The average Bonchev–Trinajstić information content (AvgIpc) is 2.38. The van der Waals surface area contributed by atoms with Crippen LogP contribution in [0.4, 0.5) is 5.69 Å². The minimum Gasteiger partial charge on any atom is -0.508 e. The number of phenols is 1. The number of benzene rings is 1. The van der Waals surface area contributed by atoms with Crippen molar-refractivity contribution in [2.45, 2.75) is 6.10 Å². The van der Waals surface area contributed by atoms with Gasteiger partial charge in [0.1, 0.15) is 11.9 Å². The number of ether oxygens (including phenoxy) is 1. The van der Waals surface area contributed by atoms with Gasteiger partial charge in [0.15, 0.2) is 0 Å². The van der Waals surface area contributed by atoms with E-state index in [-0.39, 0.29) is 11.7 Å². The largest absolute Gasteiger partial charge is 0.508 e. The number of rotatable bonds is 2. The Labute approximate surface area is 100.0 Å². The van der Waals surface area contributed by atoms with E-state index >= 15 is 0 Å². The second-order valence-electron chi connectivity index (χ2n) is 3.98. The van der Waals surface area contributed by atoms with E-state index in [9.17, 15) is 9.90 Å². The minimum atomic E-state index is -0.448. The standard InChI is InChI=1S/C12H16N2O3/c1-14(9-3-2-4-10(15)7-9)12(16)11-8-13-5-6-17-11/h2-4,7,11,13,15H,5-6,8H2,1H3. The fourth-order valence-corrected chi connectivity index (χ4v) is 1.77. The van der Waals surface area contributed by atoms with Gasteiger partial charge >= 0.3 is 0 Å². The van der Waals surface area contributed by atoms with E-state index in [4.69, 9.17) is 4.74 Å². The highest BCUT2D eigenvalue weighted by atomic mass is 16.5. The molecule has 0 saturated carbocycles. The minimum absolute atomic E-state index is 0.109. The fraction of sp³-hybridized carbons (Fsp3) is 0.417. The Kier molecular flexibility index (Phi) is 3.61. The number of phenolic OH excluding ortho intramolecular Hbond substituents is 1. The molecule has 2 N–H and O–H groups in total. The van der Waals surface area contributed by atoms with E-state index in [0.29, 0.717) is 18.8 Å². The van der Waals surface area contributed by atoms with Crippen molar-refractivity contribution >= 4 is 11.6 Å². The van der Waals surface area contributed by atoms with Gasteiger partial charge in [-0.3, -0.25) is 4.79 Å². The van der Waals surface area contributed by atoms with Gasteiger partial charge in [-0.25, -0.2) is 0 Å². The quantitative estimate of drug-likeness (QED) is 0.777. The molecule has 1 aromatic rings. The van der Waals surface area contributed by atoms with Gasteiger partial charge in [-0.15, -0.1) is 0 Å². The first-order chi connectivity index (χ1) is 8.18. The molecular formula is C12H16N2O3. The molecule has 1 unspecified atom stereocenters. The molecule has 1 aliphatic rings. The maximum Gasteiger partial charge on any atom is 0.257 e. The first-order valence-electron chi connectivity index (χ1n) is 5.57. The van der Waals surface area contributed by atoms with E-state index in [2.05, 4.69) is 5.32 Å². The van der Waals surface area contributed by atoms with Crippen molar-refractivity contribution in [3.8, 4) is 5.75 Å². The Bertz CT molecular complexity index is 402. The zero-order valence-electron chi connectivity index (χ0n) is 9.72. The Morgan fingerprint density at radius 1 is 1.59 bits per heavy atom. The van der Waals surface area contributed by atoms with Crippen LogP contribution >= 0.6 is 0 Å². The summed E-state index contributed by atoms with van der Waals surface area (Å²) in [5.41, 5.74) is 0.657. The maximum absolute atomic E-state index is 12.1. The van der Waals surface area contributed by atoms with E-state index in [1.54, 1.807) is 31.3 Å². The third kappa shape index (κ3) is 2.75. The lowest BCUT2D eigenvalue weighted by Gasteiger charge is -2.27. The molecular weight excluding hydrogens is 220 g/mol. The smallest absolute Gasteiger partial charge is 0.257 e. The predicted octanol–water partition coefficient (Wildman–Crippen LogP) is 0.343. The highest BCUT2D eigenvalue weighted by Gasteiger charge is 2.25. The third-order valence-electron chi connectivity index (χ3n) is 2.75. The lowest BCUT2D eigenvalue weighted by molar-refractivity contribution is -0.131. The highest BCUT2D eigenvalue weighted by molar-refractivity contribution is 5.96. The first-order valence-corrected chi connectivity index (χ1v) is 5.57. The van der Waals surface area contributed by atoms with Gasteiger partial charge in [0.25, 0.3) is 5.91 Å². The zero-order valence-corrected chi connectivity index (χ0v) is 9.72. The molecule has 2 rings (SSSR count). The van der Waals surface area contributed by atoms with Crippen molar-refractivity contribution in [1.82, 2.24) is 5.32 Å². The van der Waals surface area contributed by atoms with Crippen molar-refractivity contribution in [3.05, 3.63) is 24.3 Å². The molecule has 0 radical (unpaired) electrons. The highest BCUT2D eigenvalue weighted by Crippen LogP contribution is 2.19. The second-order valence-corrected chi connectivity index (χ2v) is 3.98. The summed E-state index contributed by atoms with van der Waals surface area (Å²) in [6.45, 7) is 1.85. The summed E-state index contributed by atoms with van der Waals surface area (Å²) in [7, 11) is 1.68. The normalized spacial score (nSPS) is 19.9. The molecule has 0 spiro atoms. The van der Waals surface area contributed by atoms with Gasteiger partial charge in [0.05, 0.1) is 6.61 Å². The van der Waals surface area contributed by atoms with Gasteiger partial charge in [-0.05, 0) is 12.1 Å². The molecule has 1 heterocycles. The third-order valence-corrected chi connectivity index (χ3v) is 2.75. The summed E-state index contributed by atoms with van der Waals surface area (Å²) in [5, 5.41) is 12.5. The van der Waals surface area contributed by atoms with Crippen LogP contribution in [0.3, 0.4) is 0 Å². The summed E-state index contributed by atoms with van der Waals surface area (Å²) in [5.74, 6) is 0.0348. The van der Waals surface area contributed by atoms with E-state index in [1.807, 2.05) is 0 Å². The van der Waals surface area contributed by atoms with E-state index < -0.39 is 6.10 Å². The Balaban J connectivity index is 2.08. The number of carbonyl (C=O) groups excluding carboxylic acids is 1. The molecule has 1 amide bonds. The van der Waals surface area contributed by atoms with Crippen molar-refractivity contribution in [2.75, 3.05) is 31.6 Å². The molecule has 0 aliphatic carbocycles. The number of nitrogens with zero attached hydrogens (tertiary/aromatic N) is 1. The van der Waals surface area contributed by atoms with Crippen molar-refractivity contribution in [1.29, 1.82) is 0 Å². The van der Waals surface area contributed by atoms with E-state index in [1.165, 1.54) is 4.90 Å². The summed E-state index contributed by atoms with van der Waals surface area (Å²) in [4.78, 5) is 13.6. The van der Waals surface area contributed by atoms with Gasteiger partial charge in [0, 0.05) is 31.9 Å². The van der Waals surface area contributed by atoms with Crippen LogP contribution in [0.2, 0.25) is 0 Å². The number of hydrogen-bond donors (Lipinski definition) is 2. The Hall–Kier alpha value is -1.59. The van der Waals surface area contributed by atoms with Crippen molar-refractivity contribution in [2.24, 2.45) is 0 Å². The Morgan fingerprint density at radius 3 is 3.06 bits per heavy atom. The first kappa shape index (κ1) is 11.9. The molecule has 1 aliphatic heterocycles. The predicted molar refractivity (Wildman–Crippen MR) is 64.1 cm³/mol. The molecule has 1 saturated heterocycles. The lowest BCUT2D eigenvalue weighted by Crippen LogP contribution is -2.48. The van der Waals surface area contributed by atoms with Crippen LogP contribution in [0.15, 0.2) is 24.3 Å². The molecule has 92 valence electrons. The summed E-state index contributed by atoms with van der Waals surface area (Å²) < 4.78 is 5.40. The van der Waals surface area contributed by atoms with Gasteiger partial charge in [0.2, 0.25) is 0 Å². The van der Waals surface area contributed by atoms with E-state index in [0.717, 1.165) is 6.54 Å². The lowest BCUT2D eigenvalue weighted by atomic mass is 10.2. The number of carbonyl (C=O) groups is 1. The van der Waals surface area contributed by atoms with Gasteiger partial charge < -0.3 is 20.1 Å². The van der Waals surface area contributed by atoms with Crippen LogP contribution in [-0.4, -0.2) is 43.9 Å². The molecule has 1 fully saturated rings. The fourth-order valence-electron chi connectivity index (χ4n) is 1.77. The van der Waals surface area contributed by atoms with Crippen LogP contribution in [0.5, 0.6) is 5.75 Å². The second kappa shape index (κ2) is 5.16. The summed E-state index contributed by atoms with van der Waals surface area (Å²) in [6, 6.07) is 6.59. The van der Waals surface area contributed by atoms with Crippen LogP contribution in [-0.2, 0) is 9.53 Å². The Morgan fingerprint density at radius 2 is 2.41 bits per heavy atom. The number of hydrogen-bond acceptors (Lipinski definition) is 4. The topological polar surface area (TPSA) is 61.8 Å². The number of amides is 1. The van der Waals surface area contributed by atoms with Crippen molar-refractivity contribution in [3.63, 3.8) is 0 Å². The molecule has 0 aromatic heterocycles. The van der Waals surface area contributed by atoms with Gasteiger partial charge in [-0.2, -0.15) is 0 Å². The molecule has 1 atom stereocenters. The summed E-state index contributed by atoms with van der Waals surface area (Å²) in [6.07, 6.45) is -0.448. The van der Waals surface area contributed by atoms with Gasteiger partial charge in [-0.1, -0.05) is 6.07 Å². The monoisotopic (exact) mass is 236 g/mol. The van der Waals surface area contributed by atoms with Crippen LogP contribution in [0.25, 0.3) is 0 Å². The maximum atomic E-state index is 12.1. The zero-order chi connectivity index (χ0) is 12.3. The number of aromatic hydroxyl groups is 1. The molecule has 17 heavy (non-hydrogen) atoms. The molecule has 5 nitrogen and oxygen atoms in total. The number of likely N-dealkylation sites (N-methyl/N-ethyl adjacent to an activating group) is 1. The molecule has 5 heteroatoms. The van der Waals surface area contributed by atoms with Crippen LogP contribution in [0, 0.1) is 0 Å².